The van der Waals surface area contributed by atoms with E-state index in [2.05, 4.69) is 5.32 Å². The van der Waals surface area contributed by atoms with E-state index in [-0.39, 0.29) is 11.6 Å². The molecule has 1 atom stereocenters. The minimum absolute atomic E-state index is 0.0709. The van der Waals surface area contributed by atoms with Gasteiger partial charge in [0.1, 0.15) is 5.82 Å². The lowest BCUT2D eigenvalue weighted by atomic mass is 10.1. The Hall–Kier alpha value is -2.17. The third-order valence-electron chi connectivity index (χ3n) is 3.90. The van der Waals surface area contributed by atoms with E-state index in [9.17, 15) is 4.79 Å². The summed E-state index contributed by atoms with van der Waals surface area (Å²) in [4.78, 5) is 17.7. The Morgan fingerprint density at radius 1 is 1.22 bits per heavy atom. The van der Waals surface area contributed by atoms with Gasteiger partial charge in [-0.1, -0.05) is 41.9 Å². The van der Waals surface area contributed by atoms with E-state index < -0.39 is 0 Å². The number of nitrogens with one attached hydrogen (secondary N) is 1. The van der Waals surface area contributed by atoms with E-state index in [4.69, 9.17) is 16.6 Å². The van der Waals surface area contributed by atoms with Crippen LogP contribution in [-0.4, -0.2) is 22.6 Å². The van der Waals surface area contributed by atoms with Crippen LogP contribution in [0.2, 0.25) is 5.02 Å². The van der Waals surface area contributed by atoms with Gasteiger partial charge in [0.2, 0.25) is 0 Å². The van der Waals surface area contributed by atoms with Crippen molar-refractivity contribution in [3.05, 3.63) is 63.9 Å². The second kappa shape index (κ2) is 6.52. The Bertz CT molecular complexity index is 890. The first-order valence-electron chi connectivity index (χ1n) is 7.53. The first kappa shape index (κ1) is 15.7. The molecule has 0 aliphatic carbocycles. The number of aromatic nitrogens is 2. The fraction of sp³-hybridized carbons (Fsp3) is 0.222. The summed E-state index contributed by atoms with van der Waals surface area (Å²) in [7, 11) is 1.88. The van der Waals surface area contributed by atoms with Crippen LogP contribution < -0.4 is 10.9 Å². The fourth-order valence-electron chi connectivity index (χ4n) is 2.54. The van der Waals surface area contributed by atoms with E-state index in [0.717, 1.165) is 5.56 Å². The van der Waals surface area contributed by atoms with Crippen LogP contribution in [0.5, 0.6) is 0 Å². The number of halogens is 1. The Balaban J connectivity index is 2.30. The van der Waals surface area contributed by atoms with E-state index >= 15 is 0 Å². The molecule has 0 saturated carbocycles. The molecule has 0 radical (unpaired) electrons. The molecule has 0 aliphatic heterocycles. The van der Waals surface area contributed by atoms with Crippen molar-refractivity contribution in [3.8, 4) is 11.4 Å². The van der Waals surface area contributed by atoms with Crippen LogP contribution in [0.1, 0.15) is 6.92 Å². The summed E-state index contributed by atoms with van der Waals surface area (Å²) in [6.45, 7) is 2.57. The lowest BCUT2D eigenvalue weighted by Crippen LogP contribution is -2.33. The molecule has 0 spiro atoms. The summed E-state index contributed by atoms with van der Waals surface area (Å²) in [6.07, 6.45) is 0. The number of hydrogen-bond donors (Lipinski definition) is 1. The molecule has 3 aromatic rings. The van der Waals surface area contributed by atoms with Gasteiger partial charge in [-0.3, -0.25) is 9.36 Å². The van der Waals surface area contributed by atoms with Gasteiger partial charge < -0.3 is 5.32 Å². The number of benzene rings is 2. The zero-order chi connectivity index (χ0) is 16.4. The Morgan fingerprint density at radius 2 is 1.96 bits per heavy atom. The maximum absolute atomic E-state index is 13.0. The molecule has 0 amide bonds. The minimum Gasteiger partial charge on any atom is -0.315 e. The van der Waals surface area contributed by atoms with Crippen LogP contribution in [0, 0.1) is 0 Å². The largest absolute Gasteiger partial charge is 0.315 e. The maximum Gasteiger partial charge on any atom is 0.261 e. The van der Waals surface area contributed by atoms with E-state index in [1.165, 1.54) is 0 Å². The van der Waals surface area contributed by atoms with Crippen LogP contribution in [0.25, 0.3) is 22.3 Å². The zero-order valence-electron chi connectivity index (χ0n) is 13.1. The highest BCUT2D eigenvalue weighted by atomic mass is 35.5. The van der Waals surface area contributed by atoms with Crippen molar-refractivity contribution in [3.63, 3.8) is 0 Å². The van der Waals surface area contributed by atoms with Gasteiger partial charge in [0.15, 0.2) is 0 Å². The topological polar surface area (TPSA) is 46.9 Å². The lowest BCUT2D eigenvalue weighted by Gasteiger charge is -2.17. The molecule has 0 saturated heterocycles. The SMILES string of the molecule is CNC(C)Cn1c(-c2ccccc2)nc2ccc(Cl)cc2c1=O. The van der Waals surface area contributed by atoms with Gasteiger partial charge in [0, 0.05) is 23.2 Å². The molecule has 23 heavy (non-hydrogen) atoms. The number of rotatable bonds is 4. The first-order valence-corrected chi connectivity index (χ1v) is 7.90. The Kier molecular flexibility index (Phi) is 4.46. The molecule has 1 N–H and O–H groups in total. The third-order valence-corrected chi connectivity index (χ3v) is 4.13. The third kappa shape index (κ3) is 3.14. The highest BCUT2D eigenvalue weighted by Gasteiger charge is 2.14. The van der Waals surface area contributed by atoms with E-state index in [1.54, 1.807) is 22.8 Å². The van der Waals surface area contributed by atoms with Crippen LogP contribution in [0.15, 0.2) is 53.3 Å². The predicted molar refractivity (Wildman–Crippen MR) is 95.0 cm³/mol. The van der Waals surface area contributed by atoms with Gasteiger partial charge in [0.25, 0.3) is 5.56 Å². The predicted octanol–water partition coefficient (Wildman–Crippen LogP) is 3.32. The molecule has 2 aromatic carbocycles. The lowest BCUT2D eigenvalue weighted by molar-refractivity contribution is 0.507. The monoisotopic (exact) mass is 327 g/mol. The minimum atomic E-state index is -0.0709. The molecule has 1 heterocycles. The van der Waals surface area contributed by atoms with Crippen molar-refractivity contribution < 1.29 is 0 Å². The smallest absolute Gasteiger partial charge is 0.261 e. The van der Waals surface area contributed by atoms with Gasteiger partial charge in [0.05, 0.1) is 10.9 Å². The standard InChI is InChI=1S/C18H18ClN3O/c1-12(20-2)11-22-17(13-6-4-3-5-7-13)21-16-9-8-14(19)10-15(16)18(22)23/h3-10,12,20H,11H2,1-2H3. The van der Waals surface area contributed by atoms with Crippen molar-refractivity contribution >= 4 is 22.5 Å². The molecule has 0 fully saturated rings. The van der Waals surface area contributed by atoms with Gasteiger partial charge in [-0.05, 0) is 32.2 Å². The highest BCUT2D eigenvalue weighted by Crippen LogP contribution is 2.21. The molecule has 3 rings (SSSR count). The molecule has 0 aliphatic rings. The van der Waals surface area contributed by atoms with Gasteiger partial charge >= 0.3 is 0 Å². The van der Waals surface area contributed by atoms with Crippen molar-refractivity contribution in [1.29, 1.82) is 0 Å². The van der Waals surface area contributed by atoms with Crippen molar-refractivity contribution in [1.82, 2.24) is 14.9 Å². The Morgan fingerprint density at radius 3 is 2.65 bits per heavy atom. The average molecular weight is 328 g/mol. The molecule has 118 valence electrons. The van der Waals surface area contributed by atoms with Gasteiger partial charge in [-0.2, -0.15) is 0 Å². The number of nitrogens with zero attached hydrogens (tertiary/aromatic N) is 2. The summed E-state index contributed by atoms with van der Waals surface area (Å²) in [6, 6.07) is 15.1. The molecule has 4 nitrogen and oxygen atoms in total. The molecular formula is C18H18ClN3O. The zero-order valence-corrected chi connectivity index (χ0v) is 13.8. The first-order chi connectivity index (χ1) is 11.1. The molecule has 5 heteroatoms. The summed E-state index contributed by atoms with van der Waals surface area (Å²) < 4.78 is 1.72. The molecular weight excluding hydrogens is 310 g/mol. The molecule has 1 unspecified atom stereocenters. The van der Waals surface area contributed by atoms with Crippen LogP contribution in [0.3, 0.4) is 0 Å². The van der Waals surface area contributed by atoms with Crippen molar-refractivity contribution in [2.75, 3.05) is 7.05 Å². The number of likely N-dealkylation sites (N-methyl/N-ethyl adjacent to an activating group) is 1. The van der Waals surface area contributed by atoms with E-state index in [0.29, 0.717) is 28.3 Å². The molecule has 1 aromatic heterocycles. The van der Waals surface area contributed by atoms with Crippen molar-refractivity contribution in [2.24, 2.45) is 0 Å². The maximum atomic E-state index is 13.0. The molecule has 0 bridgehead atoms. The van der Waals surface area contributed by atoms with Crippen LogP contribution in [-0.2, 0) is 6.54 Å². The second-order valence-electron chi connectivity index (χ2n) is 5.57. The van der Waals surface area contributed by atoms with Crippen LogP contribution in [0.4, 0.5) is 0 Å². The van der Waals surface area contributed by atoms with Gasteiger partial charge in [-0.25, -0.2) is 4.98 Å². The highest BCUT2D eigenvalue weighted by molar-refractivity contribution is 6.31. The normalized spacial score (nSPS) is 12.5. The van der Waals surface area contributed by atoms with E-state index in [1.807, 2.05) is 44.3 Å². The van der Waals surface area contributed by atoms with Crippen molar-refractivity contribution in [2.45, 2.75) is 19.5 Å². The quantitative estimate of drug-likeness (QED) is 0.799. The average Bonchev–Trinajstić information content (AvgIpc) is 2.58. The summed E-state index contributed by atoms with van der Waals surface area (Å²) in [5.74, 6) is 0.674. The second-order valence-corrected chi connectivity index (χ2v) is 6.00. The summed E-state index contributed by atoms with van der Waals surface area (Å²) in [5, 5.41) is 4.25. The Labute approximate surface area is 139 Å². The number of hydrogen-bond acceptors (Lipinski definition) is 3. The number of fused-ring (bicyclic) bond motifs is 1. The summed E-state index contributed by atoms with van der Waals surface area (Å²) >= 11 is 6.04. The van der Waals surface area contributed by atoms with Crippen LogP contribution >= 0.6 is 11.6 Å². The fourth-order valence-corrected chi connectivity index (χ4v) is 2.71. The van der Waals surface area contributed by atoms with Gasteiger partial charge in [-0.15, -0.1) is 0 Å². The summed E-state index contributed by atoms with van der Waals surface area (Å²) in [5.41, 5.74) is 1.51.